The first-order valence-corrected chi connectivity index (χ1v) is 7.28. The third-order valence-electron chi connectivity index (χ3n) is 2.85. The van der Waals surface area contributed by atoms with Gasteiger partial charge in [-0.15, -0.1) is 0 Å². The average Bonchev–Trinajstić information content (AvgIpc) is 3.02. The first kappa shape index (κ1) is 17.1. The first-order valence-electron chi connectivity index (χ1n) is 6.46. The number of nitro groups is 2. The number of ether oxygens (including phenoxy) is 1. The van der Waals surface area contributed by atoms with Crippen LogP contribution in [-0.4, -0.2) is 22.9 Å². The fraction of sp³-hybridized carbons (Fsp3) is 0.0714. The van der Waals surface area contributed by atoms with E-state index in [0.29, 0.717) is 4.88 Å². The van der Waals surface area contributed by atoms with Crippen molar-refractivity contribution in [2.24, 2.45) is 0 Å². The molecule has 0 aliphatic heterocycles. The van der Waals surface area contributed by atoms with Gasteiger partial charge < -0.3 is 10.1 Å². The van der Waals surface area contributed by atoms with Crippen molar-refractivity contribution in [3.63, 3.8) is 0 Å². The fourth-order valence-electron chi connectivity index (χ4n) is 1.76. The van der Waals surface area contributed by atoms with Crippen LogP contribution in [0.1, 0.15) is 4.88 Å². The first-order chi connectivity index (χ1) is 11.4. The molecule has 1 aromatic carbocycles. The molecule has 1 amide bonds. The number of rotatable bonds is 6. The Labute approximate surface area is 139 Å². The standard InChI is InChI=1S/C14H11N3O6S/c1-23-12-8-9(16(19)20)2-5-11(12)15-13(18)6-3-10-4-7-14(24-10)17(21)22/h2-8H,1H3,(H,15,18)/b6-3+. The van der Waals surface area contributed by atoms with Crippen LogP contribution in [0.25, 0.3) is 6.08 Å². The number of non-ortho nitro benzene ring substituents is 1. The molecule has 1 heterocycles. The molecule has 10 heteroatoms. The average molecular weight is 349 g/mol. The second-order valence-corrected chi connectivity index (χ2v) is 5.49. The summed E-state index contributed by atoms with van der Waals surface area (Å²) in [6, 6.07) is 6.67. The number of anilines is 1. The summed E-state index contributed by atoms with van der Waals surface area (Å²) >= 11 is 0.937. The smallest absolute Gasteiger partial charge is 0.324 e. The van der Waals surface area contributed by atoms with Gasteiger partial charge in [-0.3, -0.25) is 25.0 Å². The van der Waals surface area contributed by atoms with E-state index >= 15 is 0 Å². The number of carbonyl (C=O) groups is 1. The second-order valence-electron chi connectivity index (χ2n) is 4.40. The minimum absolute atomic E-state index is 0.0212. The largest absolute Gasteiger partial charge is 0.494 e. The number of hydrogen-bond acceptors (Lipinski definition) is 7. The minimum atomic E-state index is -0.572. The predicted octanol–water partition coefficient (Wildman–Crippen LogP) is 3.23. The van der Waals surface area contributed by atoms with Gasteiger partial charge in [-0.1, -0.05) is 11.3 Å². The molecule has 0 saturated heterocycles. The van der Waals surface area contributed by atoms with Gasteiger partial charge in [0.05, 0.1) is 28.7 Å². The van der Waals surface area contributed by atoms with Crippen LogP contribution in [-0.2, 0) is 4.79 Å². The number of nitrogens with zero attached hydrogens (tertiary/aromatic N) is 2. The Morgan fingerprint density at radius 2 is 1.96 bits per heavy atom. The van der Waals surface area contributed by atoms with Gasteiger partial charge in [0.1, 0.15) is 5.75 Å². The van der Waals surface area contributed by atoms with Crippen molar-refractivity contribution in [3.8, 4) is 5.75 Å². The maximum atomic E-state index is 11.9. The zero-order valence-electron chi connectivity index (χ0n) is 12.3. The van der Waals surface area contributed by atoms with Crippen LogP contribution in [0.5, 0.6) is 5.75 Å². The van der Waals surface area contributed by atoms with Crippen LogP contribution in [0.2, 0.25) is 0 Å². The van der Waals surface area contributed by atoms with Gasteiger partial charge in [0.25, 0.3) is 5.69 Å². The lowest BCUT2D eigenvalue weighted by Gasteiger charge is -2.08. The van der Waals surface area contributed by atoms with Gasteiger partial charge in [-0.05, 0) is 18.2 Å². The Morgan fingerprint density at radius 3 is 2.54 bits per heavy atom. The lowest BCUT2D eigenvalue weighted by Crippen LogP contribution is -2.09. The maximum absolute atomic E-state index is 11.9. The van der Waals surface area contributed by atoms with E-state index in [0.717, 1.165) is 11.3 Å². The third kappa shape index (κ3) is 4.14. The normalized spacial score (nSPS) is 10.5. The molecule has 2 rings (SSSR count). The van der Waals surface area contributed by atoms with E-state index < -0.39 is 15.8 Å². The number of amides is 1. The number of nitro benzene ring substituents is 1. The highest BCUT2D eigenvalue weighted by Crippen LogP contribution is 2.29. The van der Waals surface area contributed by atoms with E-state index in [2.05, 4.69) is 5.32 Å². The lowest BCUT2D eigenvalue weighted by atomic mass is 10.2. The summed E-state index contributed by atoms with van der Waals surface area (Å²) in [4.78, 5) is 32.7. The van der Waals surface area contributed by atoms with Crippen LogP contribution in [0.15, 0.2) is 36.4 Å². The van der Waals surface area contributed by atoms with E-state index in [1.807, 2.05) is 0 Å². The highest BCUT2D eigenvalue weighted by atomic mass is 32.1. The molecule has 0 aliphatic rings. The number of nitrogens with one attached hydrogen (secondary N) is 1. The van der Waals surface area contributed by atoms with Gasteiger partial charge in [-0.2, -0.15) is 0 Å². The molecular weight excluding hydrogens is 338 g/mol. The summed E-state index contributed by atoms with van der Waals surface area (Å²) in [6.07, 6.45) is 2.64. The number of thiophene rings is 1. The molecule has 124 valence electrons. The van der Waals surface area contributed by atoms with Crippen molar-refractivity contribution in [3.05, 3.63) is 61.5 Å². The number of benzene rings is 1. The molecule has 2 aromatic rings. The topological polar surface area (TPSA) is 125 Å². The van der Waals surface area contributed by atoms with Crippen molar-refractivity contribution in [2.45, 2.75) is 0 Å². The van der Waals surface area contributed by atoms with E-state index in [4.69, 9.17) is 4.74 Å². The molecule has 0 atom stereocenters. The van der Waals surface area contributed by atoms with Crippen LogP contribution in [0.3, 0.4) is 0 Å². The molecule has 1 N–H and O–H groups in total. The summed E-state index contributed by atoms with van der Waals surface area (Å²) in [7, 11) is 1.33. The van der Waals surface area contributed by atoms with E-state index in [1.165, 1.54) is 49.6 Å². The summed E-state index contributed by atoms with van der Waals surface area (Å²) in [5.41, 5.74) is 0.112. The molecule has 9 nitrogen and oxygen atoms in total. The van der Waals surface area contributed by atoms with Crippen molar-refractivity contribution in [1.82, 2.24) is 0 Å². The Kier molecular flexibility index (Phi) is 5.22. The second kappa shape index (κ2) is 7.33. The minimum Gasteiger partial charge on any atom is -0.494 e. The molecule has 0 radical (unpaired) electrons. The third-order valence-corrected chi connectivity index (χ3v) is 3.85. The molecule has 0 spiro atoms. The summed E-state index contributed by atoms with van der Waals surface area (Å²) in [5, 5.41) is 23.8. The number of carbonyl (C=O) groups excluding carboxylic acids is 1. The highest BCUT2D eigenvalue weighted by molar-refractivity contribution is 7.16. The van der Waals surface area contributed by atoms with Gasteiger partial charge >= 0.3 is 5.00 Å². The summed E-state index contributed by atoms with van der Waals surface area (Å²) in [6.45, 7) is 0. The van der Waals surface area contributed by atoms with E-state index in [9.17, 15) is 25.0 Å². The van der Waals surface area contributed by atoms with Crippen molar-refractivity contribution >= 4 is 39.7 Å². The lowest BCUT2D eigenvalue weighted by molar-refractivity contribution is -0.384. The molecular formula is C14H11N3O6S. The fourth-order valence-corrected chi connectivity index (χ4v) is 2.48. The van der Waals surface area contributed by atoms with E-state index in [1.54, 1.807) is 0 Å². The Bertz CT molecular complexity index is 830. The number of methoxy groups -OCH3 is 1. The Hall–Kier alpha value is -3.27. The predicted molar refractivity (Wildman–Crippen MR) is 88.3 cm³/mol. The van der Waals surface area contributed by atoms with Gasteiger partial charge in [0.2, 0.25) is 5.91 Å². The Morgan fingerprint density at radius 1 is 1.21 bits per heavy atom. The van der Waals surface area contributed by atoms with Crippen LogP contribution >= 0.6 is 11.3 Å². The monoisotopic (exact) mass is 349 g/mol. The van der Waals surface area contributed by atoms with Crippen LogP contribution < -0.4 is 10.1 Å². The summed E-state index contributed by atoms with van der Waals surface area (Å²) < 4.78 is 5.01. The van der Waals surface area contributed by atoms with Gasteiger partial charge in [0.15, 0.2) is 0 Å². The highest BCUT2D eigenvalue weighted by Gasteiger charge is 2.13. The quantitative estimate of drug-likeness (QED) is 0.485. The molecule has 0 unspecified atom stereocenters. The maximum Gasteiger partial charge on any atom is 0.324 e. The summed E-state index contributed by atoms with van der Waals surface area (Å²) in [5.74, 6) is -0.351. The van der Waals surface area contributed by atoms with Gasteiger partial charge in [-0.25, -0.2) is 0 Å². The van der Waals surface area contributed by atoms with Crippen molar-refractivity contribution < 1.29 is 19.4 Å². The molecule has 0 aliphatic carbocycles. The van der Waals surface area contributed by atoms with E-state index in [-0.39, 0.29) is 22.1 Å². The van der Waals surface area contributed by atoms with Crippen molar-refractivity contribution in [1.29, 1.82) is 0 Å². The van der Waals surface area contributed by atoms with Gasteiger partial charge in [0, 0.05) is 23.1 Å². The number of hydrogen-bond donors (Lipinski definition) is 1. The zero-order valence-corrected chi connectivity index (χ0v) is 13.1. The van der Waals surface area contributed by atoms with Crippen LogP contribution in [0.4, 0.5) is 16.4 Å². The SMILES string of the molecule is COc1cc([N+](=O)[O-])ccc1NC(=O)/C=C/c1ccc([N+](=O)[O-])s1. The molecule has 0 saturated carbocycles. The van der Waals surface area contributed by atoms with Crippen LogP contribution in [0, 0.1) is 20.2 Å². The van der Waals surface area contributed by atoms with Crippen molar-refractivity contribution in [2.75, 3.05) is 12.4 Å². The molecule has 0 fully saturated rings. The molecule has 1 aromatic heterocycles. The molecule has 0 bridgehead atoms. The molecule has 24 heavy (non-hydrogen) atoms. The Balaban J connectivity index is 2.10. The zero-order chi connectivity index (χ0) is 17.7.